The maximum atomic E-state index is 13.9. The van der Waals surface area contributed by atoms with E-state index in [1.54, 1.807) is 36.0 Å². The zero-order valence-corrected chi connectivity index (χ0v) is 20.7. The molecule has 2 fully saturated rings. The maximum absolute atomic E-state index is 13.9. The van der Waals surface area contributed by atoms with Crippen LogP contribution < -0.4 is 15.0 Å². The molecule has 4 atom stereocenters. The summed E-state index contributed by atoms with van der Waals surface area (Å²) >= 11 is 1.58. The zero-order valence-electron chi connectivity index (χ0n) is 19.9. The van der Waals surface area contributed by atoms with E-state index in [9.17, 15) is 14.4 Å². The van der Waals surface area contributed by atoms with Gasteiger partial charge in [-0.2, -0.15) is 11.8 Å². The number of esters is 1. The standard InChI is InChI=1S/C26H30N2O5S/c1-5-33-18-12-10-17(11-13-18)28-23(29)20-21(24(28)30)26(14-15-34-4,25(31)32-3)27-22(20)19-9-7-6-8-16(19)2/h6-13,20-22,27H,5,14-15H2,1-4H3/t20-,21+,22-,26-/m1/s1. The highest BCUT2D eigenvalue weighted by Gasteiger charge is 2.68. The van der Waals surface area contributed by atoms with Crippen molar-refractivity contribution in [3.8, 4) is 5.75 Å². The first-order chi connectivity index (χ1) is 16.4. The molecular weight excluding hydrogens is 452 g/mol. The van der Waals surface area contributed by atoms with Crippen LogP contribution in [0.3, 0.4) is 0 Å². The van der Waals surface area contributed by atoms with Gasteiger partial charge in [0.05, 0.1) is 31.2 Å². The minimum absolute atomic E-state index is 0.310. The second-order valence-corrected chi connectivity index (χ2v) is 9.61. The smallest absolute Gasteiger partial charge is 0.326 e. The fourth-order valence-electron chi connectivity index (χ4n) is 5.28. The molecule has 2 aromatic carbocycles. The molecule has 2 heterocycles. The molecule has 2 aliphatic rings. The molecule has 0 radical (unpaired) electrons. The van der Waals surface area contributed by atoms with Gasteiger partial charge in [-0.25, -0.2) is 4.90 Å². The van der Waals surface area contributed by atoms with Crippen molar-refractivity contribution in [2.75, 3.05) is 30.6 Å². The number of hydrogen-bond donors (Lipinski definition) is 1. The van der Waals surface area contributed by atoms with Gasteiger partial charge < -0.3 is 9.47 Å². The van der Waals surface area contributed by atoms with Crippen LogP contribution in [0.2, 0.25) is 0 Å². The maximum Gasteiger partial charge on any atom is 0.326 e. The fraction of sp³-hybridized carbons (Fsp3) is 0.423. The third-order valence-electron chi connectivity index (χ3n) is 6.83. The number of amides is 2. The van der Waals surface area contributed by atoms with E-state index in [1.165, 1.54) is 12.0 Å². The second kappa shape index (κ2) is 9.80. The van der Waals surface area contributed by atoms with Crippen LogP contribution in [0.5, 0.6) is 5.75 Å². The molecule has 8 heteroatoms. The third-order valence-corrected chi connectivity index (χ3v) is 7.45. The third kappa shape index (κ3) is 3.88. The van der Waals surface area contributed by atoms with Gasteiger partial charge in [0, 0.05) is 6.04 Å². The van der Waals surface area contributed by atoms with Gasteiger partial charge >= 0.3 is 5.97 Å². The Balaban J connectivity index is 1.83. The minimum Gasteiger partial charge on any atom is -0.494 e. The van der Waals surface area contributed by atoms with Crippen LogP contribution in [0, 0.1) is 18.8 Å². The van der Waals surface area contributed by atoms with E-state index in [1.807, 2.05) is 44.4 Å². The van der Waals surface area contributed by atoms with Gasteiger partial charge in [0.15, 0.2) is 0 Å². The number of thioether (sulfide) groups is 1. The first-order valence-corrected chi connectivity index (χ1v) is 12.8. The van der Waals surface area contributed by atoms with Gasteiger partial charge in [0.25, 0.3) is 0 Å². The number of nitrogens with zero attached hydrogens (tertiary/aromatic N) is 1. The number of methoxy groups -OCH3 is 1. The lowest BCUT2D eigenvalue weighted by Crippen LogP contribution is -2.56. The van der Waals surface area contributed by atoms with Crippen molar-refractivity contribution in [2.24, 2.45) is 11.8 Å². The topological polar surface area (TPSA) is 84.9 Å². The van der Waals surface area contributed by atoms with Gasteiger partial charge in [-0.3, -0.25) is 19.7 Å². The van der Waals surface area contributed by atoms with Crippen LogP contribution >= 0.6 is 11.8 Å². The van der Waals surface area contributed by atoms with E-state index in [0.29, 0.717) is 30.2 Å². The molecular formula is C26H30N2O5S. The van der Waals surface area contributed by atoms with Gasteiger partial charge in [-0.15, -0.1) is 0 Å². The number of benzene rings is 2. The van der Waals surface area contributed by atoms with Gasteiger partial charge in [0.1, 0.15) is 11.3 Å². The fourth-order valence-corrected chi connectivity index (χ4v) is 5.81. The van der Waals surface area contributed by atoms with E-state index >= 15 is 0 Å². The lowest BCUT2D eigenvalue weighted by molar-refractivity contribution is -0.152. The first-order valence-electron chi connectivity index (χ1n) is 11.4. The van der Waals surface area contributed by atoms with Crippen molar-refractivity contribution < 1.29 is 23.9 Å². The van der Waals surface area contributed by atoms with Crippen LogP contribution in [0.4, 0.5) is 5.69 Å². The van der Waals surface area contributed by atoms with Crippen LogP contribution in [-0.4, -0.2) is 49.0 Å². The number of carbonyl (C=O) groups excluding carboxylic acids is 3. The minimum atomic E-state index is -1.29. The zero-order chi connectivity index (χ0) is 24.5. The Morgan fingerprint density at radius 3 is 2.44 bits per heavy atom. The molecule has 2 aliphatic heterocycles. The molecule has 0 bridgehead atoms. The van der Waals surface area contributed by atoms with Crippen molar-refractivity contribution in [1.29, 1.82) is 0 Å². The van der Waals surface area contributed by atoms with Gasteiger partial charge in [-0.1, -0.05) is 24.3 Å². The molecule has 4 rings (SSSR count). The SMILES string of the molecule is CCOc1ccc(N2C(=O)[C@H]3[C@@H](c4ccccc4C)N[C@@](CCSC)(C(=O)OC)[C@@H]3C2=O)cc1. The molecule has 180 valence electrons. The van der Waals surface area contributed by atoms with Crippen LogP contribution in [0.1, 0.15) is 30.5 Å². The van der Waals surface area contributed by atoms with Gasteiger partial charge in [-0.05, 0) is 67.7 Å². The molecule has 34 heavy (non-hydrogen) atoms. The van der Waals surface area contributed by atoms with E-state index in [2.05, 4.69) is 5.32 Å². The highest BCUT2D eigenvalue weighted by molar-refractivity contribution is 7.98. The summed E-state index contributed by atoms with van der Waals surface area (Å²) in [5, 5.41) is 3.43. The normalized spacial score (nSPS) is 26.0. The Hall–Kier alpha value is -2.84. The summed E-state index contributed by atoms with van der Waals surface area (Å²) in [5.41, 5.74) is 1.08. The van der Waals surface area contributed by atoms with Crippen LogP contribution in [0.25, 0.3) is 0 Å². The predicted molar refractivity (Wildman–Crippen MR) is 132 cm³/mol. The van der Waals surface area contributed by atoms with E-state index < -0.39 is 29.4 Å². The largest absolute Gasteiger partial charge is 0.494 e. The number of hydrogen-bond acceptors (Lipinski definition) is 7. The van der Waals surface area contributed by atoms with Crippen molar-refractivity contribution in [3.63, 3.8) is 0 Å². The molecule has 1 N–H and O–H groups in total. The van der Waals surface area contributed by atoms with Gasteiger partial charge in [0.2, 0.25) is 11.8 Å². The Bertz CT molecular complexity index is 1090. The number of nitrogens with one attached hydrogen (secondary N) is 1. The number of fused-ring (bicyclic) bond motifs is 1. The molecule has 7 nitrogen and oxygen atoms in total. The molecule has 0 unspecified atom stereocenters. The van der Waals surface area contributed by atoms with Crippen molar-refractivity contribution in [1.82, 2.24) is 5.32 Å². The number of rotatable bonds is 8. The summed E-state index contributed by atoms with van der Waals surface area (Å²) < 4.78 is 10.7. The number of carbonyl (C=O) groups is 3. The number of imide groups is 1. The highest BCUT2D eigenvalue weighted by atomic mass is 32.2. The van der Waals surface area contributed by atoms with E-state index in [4.69, 9.17) is 9.47 Å². The van der Waals surface area contributed by atoms with Crippen LogP contribution in [0.15, 0.2) is 48.5 Å². The Kier molecular flexibility index (Phi) is 7.00. The number of aryl methyl sites for hydroxylation is 1. The second-order valence-electron chi connectivity index (χ2n) is 8.63. The lowest BCUT2D eigenvalue weighted by Gasteiger charge is -2.32. The number of ether oxygens (including phenoxy) is 2. The number of anilines is 1. The lowest BCUT2D eigenvalue weighted by atomic mass is 9.77. The average Bonchev–Trinajstić information content (AvgIpc) is 3.32. The summed E-state index contributed by atoms with van der Waals surface area (Å²) in [6.07, 6.45) is 2.32. The molecule has 2 amide bonds. The summed E-state index contributed by atoms with van der Waals surface area (Å²) in [6, 6.07) is 14.2. The summed E-state index contributed by atoms with van der Waals surface area (Å²) in [7, 11) is 1.33. The van der Waals surface area contributed by atoms with Crippen molar-refractivity contribution in [2.45, 2.75) is 31.8 Å². The van der Waals surface area contributed by atoms with E-state index in [-0.39, 0.29) is 11.8 Å². The van der Waals surface area contributed by atoms with Crippen molar-refractivity contribution in [3.05, 3.63) is 59.7 Å². The molecule has 2 aromatic rings. The monoisotopic (exact) mass is 482 g/mol. The van der Waals surface area contributed by atoms with E-state index in [0.717, 1.165) is 11.1 Å². The Labute approximate surface area is 204 Å². The molecule has 0 aliphatic carbocycles. The molecule has 2 saturated heterocycles. The van der Waals surface area contributed by atoms with Crippen LogP contribution in [-0.2, 0) is 19.1 Å². The summed E-state index contributed by atoms with van der Waals surface area (Å²) in [5.74, 6) is -1.49. The quantitative estimate of drug-likeness (QED) is 0.455. The molecule has 0 aromatic heterocycles. The molecule has 0 saturated carbocycles. The Morgan fingerprint density at radius 1 is 1.12 bits per heavy atom. The predicted octanol–water partition coefficient (Wildman–Crippen LogP) is 3.51. The summed E-state index contributed by atoms with van der Waals surface area (Å²) in [6.45, 7) is 4.38. The van der Waals surface area contributed by atoms with Crippen molar-refractivity contribution >= 4 is 35.2 Å². The summed E-state index contributed by atoms with van der Waals surface area (Å²) in [4.78, 5) is 42.2. The highest BCUT2D eigenvalue weighted by Crippen LogP contribution is 2.52. The molecule has 0 spiro atoms. The first kappa shape index (κ1) is 24.3. The average molecular weight is 483 g/mol. The Morgan fingerprint density at radius 2 is 1.82 bits per heavy atom.